The van der Waals surface area contributed by atoms with E-state index in [0.717, 1.165) is 6.54 Å². The van der Waals surface area contributed by atoms with Gasteiger partial charge in [0.25, 0.3) is 0 Å². The molecule has 0 radical (unpaired) electrons. The zero-order valence-electron chi connectivity index (χ0n) is 11.3. The number of rotatable bonds is 5. The Hall–Kier alpha value is -1.91. The predicted octanol–water partition coefficient (Wildman–Crippen LogP) is 3.99. The summed E-state index contributed by atoms with van der Waals surface area (Å²) in [7, 11) is 0. The zero-order chi connectivity index (χ0) is 13.8. The summed E-state index contributed by atoms with van der Waals surface area (Å²) in [5.41, 5.74) is 3.76. The van der Waals surface area contributed by atoms with Crippen molar-refractivity contribution in [2.75, 3.05) is 0 Å². The summed E-state index contributed by atoms with van der Waals surface area (Å²) in [4.78, 5) is 1.35. The molecule has 0 fully saturated rings. The van der Waals surface area contributed by atoms with Crippen molar-refractivity contribution >= 4 is 11.3 Å². The molecule has 2 N–H and O–H groups in total. The minimum Gasteiger partial charge on any atom is -0.305 e. The molecular weight excluding hydrogens is 266 g/mol. The molecule has 0 aliphatic carbocycles. The number of hydrogen-bond acceptors (Lipinski definition) is 3. The number of H-pyrrole nitrogens is 1. The summed E-state index contributed by atoms with van der Waals surface area (Å²) >= 11 is 1.80. The van der Waals surface area contributed by atoms with Gasteiger partial charge in [-0.25, -0.2) is 0 Å². The molecule has 1 aromatic carbocycles. The van der Waals surface area contributed by atoms with Crippen molar-refractivity contribution in [1.29, 1.82) is 0 Å². The van der Waals surface area contributed by atoms with Crippen LogP contribution in [0.2, 0.25) is 0 Å². The largest absolute Gasteiger partial charge is 0.305 e. The molecule has 2 aromatic heterocycles. The molecule has 0 spiro atoms. The van der Waals surface area contributed by atoms with Crippen LogP contribution in [0.4, 0.5) is 0 Å². The number of nitrogens with one attached hydrogen (secondary N) is 2. The number of aromatic nitrogens is 2. The summed E-state index contributed by atoms with van der Waals surface area (Å²) in [5.74, 6) is 0. The molecule has 3 aromatic rings. The first kappa shape index (κ1) is 13.1. The van der Waals surface area contributed by atoms with Gasteiger partial charge in [0.2, 0.25) is 0 Å². The molecule has 0 amide bonds. The number of benzene rings is 1. The van der Waals surface area contributed by atoms with Crippen molar-refractivity contribution in [2.24, 2.45) is 0 Å². The first-order valence-corrected chi connectivity index (χ1v) is 7.56. The highest BCUT2D eigenvalue weighted by Crippen LogP contribution is 2.25. The second kappa shape index (κ2) is 6.03. The minimum absolute atomic E-state index is 0.302. The van der Waals surface area contributed by atoms with E-state index >= 15 is 0 Å². The summed E-state index contributed by atoms with van der Waals surface area (Å²) in [6, 6.07) is 13.1. The zero-order valence-corrected chi connectivity index (χ0v) is 12.2. The van der Waals surface area contributed by atoms with E-state index in [1.807, 2.05) is 18.5 Å². The van der Waals surface area contributed by atoms with Gasteiger partial charge in [0.05, 0.1) is 6.20 Å². The summed E-state index contributed by atoms with van der Waals surface area (Å²) < 4.78 is 0. The van der Waals surface area contributed by atoms with Gasteiger partial charge in [-0.1, -0.05) is 30.3 Å². The standard InChI is InChI=1S/C16H17N3S/c1-12(15-8-18-19-9-15)17-10-16-7-14(11-20-16)13-5-3-2-4-6-13/h2-9,11-12,17H,10H2,1H3,(H,18,19). The molecular formula is C16H17N3S. The van der Waals surface area contributed by atoms with E-state index in [-0.39, 0.29) is 0 Å². The van der Waals surface area contributed by atoms with Crippen molar-refractivity contribution in [1.82, 2.24) is 15.5 Å². The monoisotopic (exact) mass is 283 g/mol. The van der Waals surface area contributed by atoms with Crippen molar-refractivity contribution < 1.29 is 0 Å². The second-order valence-electron chi connectivity index (χ2n) is 4.80. The van der Waals surface area contributed by atoms with Gasteiger partial charge in [0, 0.05) is 29.2 Å². The maximum Gasteiger partial charge on any atom is 0.0534 e. The third kappa shape index (κ3) is 2.98. The highest BCUT2D eigenvalue weighted by atomic mass is 32.1. The normalized spacial score (nSPS) is 12.4. The van der Waals surface area contributed by atoms with Gasteiger partial charge >= 0.3 is 0 Å². The van der Waals surface area contributed by atoms with Crippen molar-refractivity contribution in [2.45, 2.75) is 19.5 Å². The van der Waals surface area contributed by atoms with Gasteiger partial charge in [-0.15, -0.1) is 11.3 Å². The Morgan fingerprint density at radius 3 is 2.85 bits per heavy atom. The van der Waals surface area contributed by atoms with E-state index in [4.69, 9.17) is 0 Å². The molecule has 0 saturated carbocycles. The van der Waals surface area contributed by atoms with Crippen molar-refractivity contribution in [3.05, 3.63) is 64.6 Å². The maximum absolute atomic E-state index is 3.98. The quantitative estimate of drug-likeness (QED) is 0.743. The molecule has 4 heteroatoms. The van der Waals surface area contributed by atoms with Crippen LogP contribution in [0, 0.1) is 0 Å². The van der Waals surface area contributed by atoms with Gasteiger partial charge in [0.1, 0.15) is 0 Å². The Morgan fingerprint density at radius 2 is 2.10 bits per heavy atom. The molecule has 102 valence electrons. The van der Waals surface area contributed by atoms with Crippen LogP contribution in [0.1, 0.15) is 23.4 Å². The fraction of sp³-hybridized carbons (Fsp3) is 0.188. The number of thiophene rings is 1. The van der Waals surface area contributed by atoms with Crippen LogP contribution in [0.5, 0.6) is 0 Å². The molecule has 0 bridgehead atoms. The average Bonchev–Trinajstić information content (AvgIpc) is 3.17. The molecule has 0 saturated heterocycles. The molecule has 3 nitrogen and oxygen atoms in total. The lowest BCUT2D eigenvalue weighted by Gasteiger charge is -2.10. The number of nitrogens with zero attached hydrogens (tertiary/aromatic N) is 1. The molecule has 3 rings (SSSR count). The first-order valence-electron chi connectivity index (χ1n) is 6.68. The highest BCUT2D eigenvalue weighted by molar-refractivity contribution is 7.10. The summed E-state index contributed by atoms with van der Waals surface area (Å²) in [5, 5.41) is 12.6. The van der Waals surface area contributed by atoms with Gasteiger partial charge in [-0.05, 0) is 29.5 Å². The van der Waals surface area contributed by atoms with Gasteiger partial charge < -0.3 is 5.32 Å². The highest BCUT2D eigenvalue weighted by Gasteiger charge is 2.07. The van der Waals surface area contributed by atoms with E-state index in [0.29, 0.717) is 6.04 Å². The topological polar surface area (TPSA) is 40.7 Å². The van der Waals surface area contributed by atoms with Gasteiger partial charge in [-0.2, -0.15) is 5.10 Å². The van der Waals surface area contributed by atoms with Crippen LogP contribution >= 0.6 is 11.3 Å². The lowest BCUT2D eigenvalue weighted by molar-refractivity contribution is 0.579. The Bertz CT molecular complexity index is 643. The minimum atomic E-state index is 0.302. The fourth-order valence-electron chi connectivity index (χ4n) is 2.12. The molecule has 0 aliphatic heterocycles. The SMILES string of the molecule is CC(NCc1cc(-c2ccccc2)cs1)c1cn[nH]c1. The molecule has 20 heavy (non-hydrogen) atoms. The Morgan fingerprint density at radius 1 is 1.25 bits per heavy atom. The lowest BCUT2D eigenvalue weighted by atomic mass is 10.1. The van der Waals surface area contributed by atoms with Crippen LogP contribution in [-0.2, 0) is 6.54 Å². The van der Waals surface area contributed by atoms with E-state index < -0.39 is 0 Å². The molecule has 1 unspecified atom stereocenters. The third-order valence-corrected chi connectivity index (χ3v) is 4.30. The van der Waals surface area contributed by atoms with E-state index in [2.05, 4.69) is 58.1 Å². The van der Waals surface area contributed by atoms with Crippen LogP contribution in [0.3, 0.4) is 0 Å². The van der Waals surface area contributed by atoms with Gasteiger partial charge in [0.15, 0.2) is 0 Å². The van der Waals surface area contributed by atoms with E-state index in [9.17, 15) is 0 Å². The fourth-order valence-corrected chi connectivity index (χ4v) is 2.97. The Labute approximate surface area is 122 Å². The molecule has 0 aliphatic rings. The van der Waals surface area contributed by atoms with E-state index in [1.165, 1.54) is 21.6 Å². The Balaban J connectivity index is 1.63. The Kier molecular flexibility index (Phi) is 3.95. The van der Waals surface area contributed by atoms with Gasteiger partial charge in [-0.3, -0.25) is 5.10 Å². The van der Waals surface area contributed by atoms with E-state index in [1.54, 1.807) is 11.3 Å². The van der Waals surface area contributed by atoms with Crippen LogP contribution < -0.4 is 5.32 Å². The van der Waals surface area contributed by atoms with Crippen molar-refractivity contribution in [3.63, 3.8) is 0 Å². The summed E-state index contributed by atoms with van der Waals surface area (Å²) in [6.45, 7) is 3.03. The smallest absolute Gasteiger partial charge is 0.0534 e. The second-order valence-corrected chi connectivity index (χ2v) is 5.80. The number of aromatic amines is 1. The molecule has 2 heterocycles. The first-order chi connectivity index (χ1) is 9.83. The van der Waals surface area contributed by atoms with Crippen LogP contribution in [-0.4, -0.2) is 10.2 Å². The van der Waals surface area contributed by atoms with Crippen molar-refractivity contribution in [3.8, 4) is 11.1 Å². The van der Waals surface area contributed by atoms with Crippen LogP contribution in [0.25, 0.3) is 11.1 Å². The molecule has 1 atom stereocenters. The maximum atomic E-state index is 3.98. The third-order valence-electron chi connectivity index (χ3n) is 3.36. The van der Waals surface area contributed by atoms with Crippen LogP contribution in [0.15, 0.2) is 54.2 Å². The number of hydrogen-bond donors (Lipinski definition) is 2. The summed E-state index contributed by atoms with van der Waals surface area (Å²) in [6.07, 6.45) is 3.79. The lowest BCUT2D eigenvalue weighted by Crippen LogP contribution is -2.16. The predicted molar refractivity (Wildman–Crippen MR) is 83.6 cm³/mol. The average molecular weight is 283 g/mol.